The topological polar surface area (TPSA) is 49.4 Å². The maximum absolute atomic E-state index is 13.1. The molecule has 0 atom stereocenters. The van der Waals surface area contributed by atoms with Crippen LogP contribution in [0.5, 0.6) is 0 Å². The Bertz CT molecular complexity index is 908. The molecule has 8 heteroatoms. The van der Waals surface area contributed by atoms with E-state index in [1.807, 2.05) is 0 Å². The lowest BCUT2D eigenvalue weighted by molar-refractivity contribution is -0.122. The molecule has 1 saturated heterocycles. The number of hydrogen-bond donors (Lipinski definition) is 1. The normalized spacial score (nSPS) is 16.4. The van der Waals surface area contributed by atoms with Gasteiger partial charge in [0.1, 0.15) is 11.4 Å². The third-order valence-electron chi connectivity index (χ3n) is 3.47. The Balaban J connectivity index is 2.07. The van der Waals surface area contributed by atoms with E-state index >= 15 is 0 Å². The maximum atomic E-state index is 13.1. The van der Waals surface area contributed by atoms with Crippen molar-refractivity contribution in [2.24, 2.45) is 0 Å². The molecule has 1 aliphatic rings. The quantitative estimate of drug-likeness (QED) is 0.476. The number of rotatable bonds is 2. The van der Waals surface area contributed by atoms with E-state index < -0.39 is 17.6 Å². The van der Waals surface area contributed by atoms with E-state index in [0.717, 1.165) is 4.90 Å². The molecule has 2 amide bonds. The Hall–Kier alpha value is -2.28. The van der Waals surface area contributed by atoms with Crippen molar-refractivity contribution >= 4 is 64.1 Å². The molecular weight excluding hydrogens is 386 g/mol. The first-order valence-corrected chi connectivity index (χ1v) is 8.16. The van der Waals surface area contributed by atoms with E-state index in [1.165, 1.54) is 30.3 Å². The van der Waals surface area contributed by atoms with E-state index in [-0.39, 0.29) is 10.7 Å². The van der Waals surface area contributed by atoms with Gasteiger partial charge in [-0.1, -0.05) is 29.3 Å². The Labute approximate surface area is 157 Å². The summed E-state index contributed by atoms with van der Waals surface area (Å²) >= 11 is 17.2. The minimum absolute atomic E-state index is 0.0935. The minimum Gasteiger partial charge on any atom is -0.298 e. The van der Waals surface area contributed by atoms with Gasteiger partial charge < -0.3 is 0 Å². The Morgan fingerprint density at radius 1 is 1.04 bits per heavy atom. The summed E-state index contributed by atoms with van der Waals surface area (Å²) in [5, 5.41) is 2.93. The van der Waals surface area contributed by atoms with Crippen molar-refractivity contribution < 1.29 is 14.0 Å². The van der Waals surface area contributed by atoms with Crippen LogP contribution in [0.25, 0.3) is 6.08 Å². The molecule has 3 rings (SSSR count). The van der Waals surface area contributed by atoms with Crippen molar-refractivity contribution in [3.63, 3.8) is 0 Å². The van der Waals surface area contributed by atoms with Crippen molar-refractivity contribution in [2.45, 2.75) is 0 Å². The molecule has 0 unspecified atom stereocenters. The number of halogens is 3. The Morgan fingerprint density at radius 2 is 1.64 bits per heavy atom. The third kappa shape index (κ3) is 3.42. The van der Waals surface area contributed by atoms with Gasteiger partial charge in [0.15, 0.2) is 5.11 Å². The number of amides is 2. The summed E-state index contributed by atoms with van der Waals surface area (Å²) in [6.07, 6.45) is 1.31. The fraction of sp³-hybridized carbons (Fsp3) is 0. The van der Waals surface area contributed by atoms with Gasteiger partial charge in [-0.3, -0.25) is 19.8 Å². The maximum Gasteiger partial charge on any atom is 0.270 e. The average Bonchev–Trinajstić information content (AvgIpc) is 2.55. The van der Waals surface area contributed by atoms with Crippen molar-refractivity contribution in [1.29, 1.82) is 0 Å². The number of benzene rings is 2. The van der Waals surface area contributed by atoms with E-state index in [4.69, 9.17) is 35.4 Å². The summed E-state index contributed by atoms with van der Waals surface area (Å²) in [6.45, 7) is 0. The molecule has 0 saturated carbocycles. The Kier molecular flexibility index (Phi) is 4.85. The summed E-state index contributed by atoms with van der Waals surface area (Å²) in [4.78, 5) is 26.1. The van der Waals surface area contributed by atoms with Gasteiger partial charge in [0.2, 0.25) is 0 Å². The highest BCUT2D eigenvalue weighted by Gasteiger charge is 2.34. The van der Waals surface area contributed by atoms with Crippen molar-refractivity contribution in [3.8, 4) is 0 Å². The van der Waals surface area contributed by atoms with Crippen molar-refractivity contribution in [3.05, 3.63) is 69.5 Å². The number of carbonyl (C=O) groups excluding carboxylic acids is 2. The number of anilines is 1. The van der Waals surface area contributed by atoms with Crippen LogP contribution in [0.4, 0.5) is 10.1 Å². The van der Waals surface area contributed by atoms with Gasteiger partial charge in [-0.25, -0.2) is 4.39 Å². The van der Waals surface area contributed by atoms with Gasteiger partial charge in [-0.05, 0) is 54.7 Å². The lowest BCUT2D eigenvalue weighted by atomic mass is 10.1. The van der Waals surface area contributed by atoms with E-state index in [0.29, 0.717) is 21.3 Å². The third-order valence-corrected chi connectivity index (χ3v) is 4.42. The van der Waals surface area contributed by atoms with Crippen molar-refractivity contribution in [1.82, 2.24) is 5.32 Å². The summed E-state index contributed by atoms with van der Waals surface area (Å²) in [6, 6.07) is 9.98. The monoisotopic (exact) mass is 394 g/mol. The average molecular weight is 395 g/mol. The van der Waals surface area contributed by atoms with Crippen LogP contribution in [-0.4, -0.2) is 16.9 Å². The van der Waals surface area contributed by atoms with Crippen LogP contribution >= 0.6 is 35.4 Å². The predicted molar refractivity (Wildman–Crippen MR) is 99.1 cm³/mol. The molecule has 1 aliphatic heterocycles. The molecule has 2 aromatic carbocycles. The second-order valence-corrected chi connectivity index (χ2v) is 6.27. The highest BCUT2D eigenvalue weighted by Crippen LogP contribution is 2.29. The second kappa shape index (κ2) is 6.92. The molecular formula is C17H9Cl2FN2O2S. The highest BCUT2D eigenvalue weighted by molar-refractivity contribution is 7.80. The molecule has 1 heterocycles. The van der Waals surface area contributed by atoms with Crippen LogP contribution in [0.15, 0.2) is 48.0 Å². The van der Waals surface area contributed by atoms with Gasteiger partial charge in [0.05, 0.1) is 5.69 Å². The molecule has 0 aromatic heterocycles. The first-order chi connectivity index (χ1) is 11.9. The van der Waals surface area contributed by atoms with E-state index in [2.05, 4.69) is 5.32 Å². The van der Waals surface area contributed by atoms with Crippen LogP contribution in [0.1, 0.15) is 5.56 Å². The largest absolute Gasteiger partial charge is 0.298 e. The fourth-order valence-corrected chi connectivity index (χ4v) is 3.06. The first-order valence-electron chi connectivity index (χ1n) is 6.99. The Morgan fingerprint density at radius 3 is 2.24 bits per heavy atom. The minimum atomic E-state index is -0.663. The van der Waals surface area contributed by atoms with E-state index in [1.54, 1.807) is 18.2 Å². The van der Waals surface area contributed by atoms with E-state index in [9.17, 15) is 14.0 Å². The van der Waals surface area contributed by atoms with Crippen LogP contribution in [-0.2, 0) is 9.59 Å². The summed E-state index contributed by atoms with van der Waals surface area (Å²) in [7, 11) is 0. The van der Waals surface area contributed by atoms with Crippen LogP contribution in [0, 0.1) is 5.82 Å². The van der Waals surface area contributed by atoms with Gasteiger partial charge in [-0.2, -0.15) is 0 Å². The molecule has 1 fully saturated rings. The molecule has 0 aliphatic carbocycles. The standard InChI is InChI=1S/C17H9Cl2FN2O2S/c18-13-2-1-3-14(19)11(13)8-12-15(23)21-17(25)22(16(12)24)10-6-4-9(20)5-7-10/h1-8H,(H,21,23,25). The predicted octanol–water partition coefficient (Wildman–Crippen LogP) is 3.96. The molecule has 25 heavy (non-hydrogen) atoms. The summed E-state index contributed by atoms with van der Waals surface area (Å²) in [5.41, 5.74) is 0.483. The molecule has 1 N–H and O–H groups in total. The van der Waals surface area contributed by atoms with Crippen LogP contribution in [0.2, 0.25) is 10.0 Å². The van der Waals surface area contributed by atoms with Crippen LogP contribution < -0.4 is 10.2 Å². The molecule has 2 aromatic rings. The summed E-state index contributed by atoms with van der Waals surface area (Å²) in [5.74, 6) is -1.78. The summed E-state index contributed by atoms with van der Waals surface area (Å²) < 4.78 is 13.1. The number of nitrogens with one attached hydrogen (secondary N) is 1. The molecule has 126 valence electrons. The zero-order valence-corrected chi connectivity index (χ0v) is 14.8. The van der Waals surface area contributed by atoms with Gasteiger partial charge >= 0.3 is 0 Å². The number of nitrogens with zero attached hydrogens (tertiary/aromatic N) is 1. The molecule has 0 spiro atoms. The zero-order chi connectivity index (χ0) is 18.1. The lowest BCUT2D eigenvalue weighted by Gasteiger charge is -2.29. The molecule has 0 bridgehead atoms. The van der Waals surface area contributed by atoms with Gasteiger partial charge in [-0.15, -0.1) is 0 Å². The number of carbonyl (C=O) groups is 2. The SMILES string of the molecule is O=C1NC(=S)N(c2ccc(F)cc2)C(=O)C1=Cc1c(Cl)cccc1Cl. The van der Waals surface area contributed by atoms with Gasteiger partial charge in [0, 0.05) is 15.6 Å². The fourth-order valence-electron chi connectivity index (χ4n) is 2.28. The lowest BCUT2D eigenvalue weighted by Crippen LogP contribution is -2.54. The smallest absolute Gasteiger partial charge is 0.270 e. The first kappa shape index (κ1) is 17.5. The zero-order valence-electron chi connectivity index (χ0n) is 12.4. The molecule has 4 nitrogen and oxygen atoms in total. The number of thiocarbonyl (C=S) groups is 1. The van der Waals surface area contributed by atoms with Crippen molar-refractivity contribution in [2.75, 3.05) is 4.90 Å². The number of hydrogen-bond acceptors (Lipinski definition) is 3. The van der Waals surface area contributed by atoms with Crippen LogP contribution in [0.3, 0.4) is 0 Å². The van der Waals surface area contributed by atoms with Gasteiger partial charge in [0.25, 0.3) is 11.8 Å². The molecule has 0 radical (unpaired) electrons. The highest BCUT2D eigenvalue weighted by atomic mass is 35.5. The second-order valence-electron chi connectivity index (χ2n) is 5.07.